The highest BCUT2D eigenvalue weighted by molar-refractivity contribution is 7.89. The van der Waals surface area contributed by atoms with Crippen molar-refractivity contribution in [3.05, 3.63) is 70.5 Å². The molecule has 15 heteroatoms. The number of alkyl halides is 3. The number of nitrogens with zero attached hydrogens (tertiary/aromatic N) is 6. The van der Waals surface area contributed by atoms with Gasteiger partial charge < -0.3 is 9.80 Å². The second-order valence-electron chi connectivity index (χ2n) is 9.09. The number of tetrazole rings is 1. The van der Waals surface area contributed by atoms with E-state index in [9.17, 15) is 31.2 Å². The molecule has 2 amide bonds. The minimum absolute atomic E-state index is 0.0206. The molecule has 1 aliphatic heterocycles. The SMILES string of the molecule is Cc1nnn(Cc2cc(C(F)(F)F)ccc2CCC(=O)N2CCN(C(=O)c3ccc(S(N)(=O)=O)cc3)CC2)n1. The molecule has 0 unspecified atom stereocenters. The second kappa shape index (κ2) is 11.1. The van der Waals surface area contributed by atoms with E-state index in [1.807, 2.05) is 0 Å². The Morgan fingerprint density at radius 2 is 1.62 bits per heavy atom. The van der Waals surface area contributed by atoms with E-state index in [2.05, 4.69) is 15.4 Å². The maximum Gasteiger partial charge on any atom is 0.416 e. The highest BCUT2D eigenvalue weighted by Crippen LogP contribution is 2.31. The van der Waals surface area contributed by atoms with E-state index < -0.39 is 21.8 Å². The molecule has 2 heterocycles. The Bertz CT molecular complexity index is 1470. The van der Waals surface area contributed by atoms with Crippen molar-refractivity contribution in [2.75, 3.05) is 26.2 Å². The molecule has 1 saturated heterocycles. The number of hydrogen-bond acceptors (Lipinski definition) is 7. The highest BCUT2D eigenvalue weighted by atomic mass is 32.2. The van der Waals surface area contributed by atoms with Gasteiger partial charge in [0.15, 0.2) is 5.82 Å². The molecule has 0 bridgehead atoms. The van der Waals surface area contributed by atoms with Gasteiger partial charge >= 0.3 is 6.18 Å². The van der Waals surface area contributed by atoms with Crippen molar-refractivity contribution in [2.45, 2.75) is 37.4 Å². The number of sulfonamides is 1. The molecule has 0 saturated carbocycles. The Morgan fingerprint density at radius 1 is 0.974 bits per heavy atom. The van der Waals surface area contributed by atoms with Crippen LogP contribution in [0.1, 0.15) is 39.3 Å². The second-order valence-corrected chi connectivity index (χ2v) is 10.7. The van der Waals surface area contributed by atoms with Gasteiger partial charge in [0.2, 0.25) is 15.9 Å². The summed E-state index contributed by atoms with van der Waals surface area (Å²) in [5, 5.41) is 16.7. The van der Waals surface area contributed by atoms with Crippen LogP contribution in [0.3, 0.4) is 0 Å². The maximum absolute atomic E-state index is 13.3. The average Bonchev–Trinajstić information content (AvgIpc) is 3.30. The molecule has 1 aliphatic rings. The third-order valence-electron chi connectivity index (χ3n) is 6.36. The van der Waals surface area contributed by atoms with Crippen molar-refractivity contribution >= 4 is 21.8 Å². The number of nitrogens with two attached hydrogens (primary N) is 1. The number of amides is 2. The number of aromatic nitrogens is 4. The van der Waals surface area contributed by atoms with Gasteiger partial charge in [-0.05, 0) is 66.1 Å². The monoisotopic (exact) mass is 565 g/mol. The summed E-state index contributed by atoms with van der Waals surface area (Å²) >= 11 is 0. The van der Waals surface area contributed by atoms with E-state index in [1.54, 1.807) is 16.7 Å². The molecule has 208 valence electrons. The van der Waals surface area contributed by atoms with Crippen LogP contribution >= 0.6 is 0 Å². The number of carbonyl (C=O) groups excluding carboxylic acids is 2. The van der Waals surface area contributed by atoms with Crippen LogP contribution < -0.4 is 5.14 Å². The van der Waals surface area contributed by atoms with Gasteiger partial charge in [-0.2, -0.15) is 18.0 Å². The zero-order chi connectivity index (χ0) is 28.4. The molecule has 0 atom stereocenters. The number of primary sulfonamides is 1. The van der Waals surface area contributed by atoms with E-state index in [0.717, 1.165) is 12.1 Å². The lowest BCUT2D eigenvalue weighted by atomic mass is 9.99. The fourth-order valence-corrected chi connectivity index (χ4v) is 4.78. The summed E-state index contributed by atoms with van der Waals surface area (Å²) in [5.74, 6) is -0.0913. The largest absolute Gasteiger partial charge is 0.416 e. The highest BCUT2D eigenvalue weighted by Gasteiger charge is 2.31. The Morgan fingerprint density at radius 3 is 2.18 bits per heavy atom. The molecule has 3 aromatic rings. The molecule has 11 nitrogen and oxygen atoms in total. The first-order valence-corrected chi connectivity index (χ1v) is 13.5. The first kappa shape index (κ1) is 28.2. The first-order valence-electron chi connectivity index (χ1n) is 11.9. The third-order valence-corrected chi connectivity index (χ3v) is 7.29. The minimum Gasteiger partial charge on any atom is -0.339 e. The van der Waals surface area contributed by atoms with E-state index in [-0.39, 0.29) is 49.2 Å². The lowest BCUT2D eigenvalue weighted by Crippen LogP contribution is -2.50. The molecule has 2 N–H and O–H groups in total. The number of hydrogen-bond donors (Lipinski definition) is 1. The van der Waals surface area contributed by atoms with E-state index in [1.165, 1.54) is 35.1 Å². The summed E-state index contributed by atoms with van der Waals surface area (Å²) in [4.78, 5) is 29.9. The quantitative estimate of drug-likeness (QED) is 0.458. The number of aryl methyl sites for hydroxylation is 2. The molecular weight excluding hydrogens is 539 g/mol. The molecule has 0 aliphatic carbocycles. The zero-order valence-corrected chi connectivity index (χ0v) is 21.7. The van der Waals surface area contributed by atoms with Gasteiger partial charge in [-0.3, -0.25) is 9.59 Å². The number of rotatable bonds is 7. The molecular formula is C24H26F3N7O4S. The van der Waals surface area contributed by atoms with Gasteiger partial charge in [0, 0.05) is 38.2 Å². The minimum atomic E-state index is -4.52. The standard InChI is InChI=1S/C24H26F3N7O4S/c1-16-29-31-34(30-16)15-19-14-20(24(25,26)27)6-2-17(19)5-9-22(35)32-10-12-33(13-11-32)23(36)18-3-7-21(8-4-18)39(28,37)38/h2-4,6-8,14H,5,9-13,15H2,1H3,(H2,28,37,38). The van der Waals surface area contributed by atoms with Crippen LogP contribution in [-0.2, 0) is 34.0 Å². The normalized spacial score (nSPS) is 14.5. The Hall–Kier alpha value is -3.85. The maximum atomic E-state index is 13.3. The summed E-state index contributed by atoms with van der Waals surface area (Å²) in [6.07, 6.45) is -4.23. The summed E-state index contributed by atoms with van der Waals surface area (Å²) in [6, 6.07) is 8.69. The van der Waals surface area contributed by atoms with Gasteiger partial charge in [-0.15, -0.1) is 10.2 Å². The van der Waals surface area contributed by atoms with Crippen LogP contribution in [0.2, 0.25) is 0 Å². The summed E-state index contributed by atoms with van der Waals surface area (Å²) in [5.41, 5.74) is 0.417. The molecule has 1 aromatic heterocycles. The van der Waals surface area contributed by atoms with Crippen molar-refractivity contribution < 1.29 is 31.2 Å². The number of halogens is 3. The van der Waals surface area contributed by atoms with Crippen molar-refractivity contribution in [2.24, 2.45) is 5.14 Å². The van der Waals surface area contributed by atoms with Gasteiger partial charge in [0.05, 0.1) is 17.0 Å². The summed E-state index contributed by atoms with van der Waals surface area (Å²) in [6.45, 7) is 2.75. The van der Waals surface area contributed by atoms with Gasteiger partial charge in [0.25, 0.3) is 5.91 Å². The average molecular weight is 566 g/mol. The number of piperazine rings is 1. The first-order chi connectivity index (χ1) is 18.3. The predicted octanol–water partition coefficient (Wildman–Crippen LogP) is 1.61. The smallest absolute Gasteiger partial charge is 0.339 e. The number of carbonyl (C=O) groups is 2. The van der Waals surface area contributed by atoms with Crippen LogP contribution in [0.25, 0.3) is 0 Å². The van der Waals surface area contributed by atoms with Crippen molar-refractivity contribution in [1.29, 1.82) is 0 Å². The Labute approximate surface area is 222 Å². The molecule has 2 aromatic carbocycles. The Kier molecular flexibility index (Phi) is 8.02. The van der Waals surface area contributed by atoms with Crippen LogP contribution in [0.5, 0.6) is 0 Å². The van der Waals surface area contributed by atoms with Crippen molar-refractivity contribution in [1.82, 2.24) is 30.0 Å². The fourth-order valence-electron chi connectivity index (χ4n) is 4.26. The van der Waals surface area contributed by atoms with Gasteiger partial charge in [0.1, 0.15) is 0 Å². The molecule has 39 heavy (non-hydrogen) atoms. The summed E-state index contributed by atoms with van der Waals surface area (Å²) in [7, 11) is -3.87. The number of benzene rings is 2. The van der Waals surface area contributed by atoms with E-state index in [0.29, 0.717) is 35.6 Å². The van der Waals surface area contributed by atoms with E-state index in [4.69, 9.17) is 5.14 Å². The molecule has 4 rings (SSSR count). The van der Waals surface area contributed by atoms with Crippen LogP contribution in [0.15, 0.2) is 47.4 Å². The van der Waals surface area contributed by atoms with Gasteiger partial charge in [-0.25, -0.2) is 13.6 Å². The molecule has 0 radical (unpaired) electrons. The van der Waals surface area contributed by atoms with Crippen molar-refractivity contribution in [3.63, 3.8) is 0 Å². The lowest BCUT2D eigenvalue weighted by molar-refractivity contribution is -0.137. The third kappa shape index (κ3) is 6.97. The van der Waals surface area contributed by atoms with Crippen LogP contribution in [-0.4, -0.2) is 76.4 Å². The predicted molar refractivity (Wildman–Crippen MR) is 132 cm³/mol. The van der Waals surface area contributed by atoms with Crippen LogP contribution in [0.4, 0.5) is 13.2 Å². The Balaban J connectivity index is 1.36. The van der Waals surface area contributed by atoms with Crippen molar-refractivity contribution in [3.8, 4) is 0 Å². The lowest BCUT2D eigenvalue weighted by Gasteiger charge is -2.35. The van der Waals surface area contributed by atoms with E-state index >= 15 is 0 Å². The summed E-state index contributed by atoms with van der Waals surface area (Å²) < 4.78 is 62.7. The molecule has 0 spiro atoms. The fraction of sp³-hybridized carbons (Fsp3) is 0.375. The topological polar surface area (TPSA) is 144 Å². The van der Waals surface area contributed by atoms with Gasteiger partial charge in [-0.1, -0.05) is 6.07 Å². The zero-order valence-electron chi connectivity index (χ0n) is 20.9. The molecule has 1 fully saturated rings. The van der Waals surface area contributed by atoms with Crippen LogP contribution in [0, 0.1) is 6.92 Å².